The monoisotopic (exact) mass is 277 g/mol. The van der Waals surface area contributed by atoms with E-state index in [1.165, 1.54) is 0 Å². The number of ether oxygens (including phenoxy) is 1. The lowest BCUT2D eigenvalue weighted by Crippen LogP contribution is -2.62. The number of fused-ring (bicyclic) bond motifs is 1. The number of rotatable bonds is 1. The van der Waals surface area contributed by atoms with E-state index in [0.717, 1.165) is 29.9 Å². The van der Waals surface area contributed by atoms with Crippen LogP contribution in [0, 0.1) is 16.7 Å². The van der Waals surface area contributed by atoms with Crippen LogP contribution >= 0.6 is 0 Å². The summed E-state index contributed by atoms with van der Waals surface area (Å²) in [5.74, 6) is 0.990. The molecule has 4 heteroatoms. The van der Waals surface area contributed by atoms with Crippen molar-refractivity contribution in [1.82, 2.24) is 0 Å². The summed E-state index contributed by atoms with van der Waals surface area (Å²) in [7, 11) is 1.68. The van der Waals surface area contributed by atoms with Gasteiger partial charge in [0, 0.05) is 19.4 Å². The first-order chi connectivity index (χ1) is 9.36. The van der Waals surface area contributed by atoms with E-state index in [2.05, 4.69) is 19.0 Å². The minimum atomic E-state index is -0.649. The number of nitrogens with zero attached hydrogens (tertiary/aromatic N) is 1. The van der Waals surface area contributed by atoms with Crippen LogP contribution in [0.25, 0.3) is 0 Å². The van der Waals surface area contributed by atoms with Gasteiger partial charge in [0.25, 0.3) is 0 Å². The Morgan fingerprint density at radius 3 is 2.70 bits per heavy atom. The molecule has 3 rings (SSSR count). The quantitative estimate of drug-likeness (QED) is 0.740. The van der Waals surface area contributed by atoms with E-state index in [1.807, 2.05) is 13.8 Å². The molecule has 2 fully saturated rings. The maximum Gasteiger partial charge on any atom is 0.158 e. The van der Waals surface area contributed by atoms with Crippen LogP contribution in [-0.2, 0) is 14.4 Å². The third kappa shape index (κ3) is 1.40. The number of carbonyl (C=O) groups excluding carboxylic acids is 1. The van der Waals surface area contributed by atoms with Crippen LogP contribution in [0.15, 0.2) is 16.5 Å². The van der Waals surface area contributed by atoms with Gasteiger partial charge >= 0.3 is 0 Å². The fraction of sp³-hybridized carbons (Fsp3) is 0.750. The SMILES string of the molecule is CO[C@H]1CC2=NOC(=C(C)C)[C@]23C(=O)[C@H]1CCC3(C)C. The van der Waals surface area contributed by atoms with Crippen molar-refractivity contribution < 1.29 is 14.4 Å². The van der Waals surface area contributed by atoms with E-state index in [1.54, 1.807) is 7.11 Å². The maximum atomic E-state index is 13.2. The molecule has 0 amide bonds. The van der Waals surface area contributed by atoms with Gasteiger partial charge in [-0.05, 0) is 37.7 Å². The van der Waals surface area contributed by atoms with Gasteiger partial charge in [-0.1, -0.05) is 19.0 Å². The summed E-state index contributed by atoms with van der Waals surface area (Å²) in [4.78, 5) is 18.9. The second-order valence-electron chi connectivity index (χ2n) is 7.08. The van der Waals surface area contributed by atoms with Crippen molar-refractivity contribution in [3.8, 4) is 0 Å². The molecule has 0 aromatic heterocycles. The van der Waals surface area contributed by atoms with E-state index in [9.17, 15) is 4.79 Å². The largest absolute Gasteiger partial charge is 0.380 e. The van der Waals surface area contributed by atoms with Crippen molar-refractivity contribution in [2.45, 2.75) is 53.1 Å². The van der Waals surface area contributed by atoms with Crippen LogP contribution in [0.2, 0.25) is 0 Å². The first-order valence-corrected chi connectivity index (χ1v) is 7.35. The minimum absolute atomic E-state index is 0.0250. The van der Waals surface area contributed by atoms with Gasteiger partial charge in [0.05, 0.1) is 11.8 Å². The molecule has 0 radical (unpaired) electrons. The van der Waals surface area contributed by atoms with E-state index < -0.39 is 5.41 Å². The summed E-state index contributed by atoms with van der Waals surface area (Å²) in [6.07, 6.45) is 2.54. The Hall–Kier alpha value is -1.16. The molecule has 0 N–H and O–H groups in total. The fourth-order valence-corrected chi connectivity index (χ4v) is 4.36. The summed E-state index contributed by atoms with van der Waals surface area (Å²) in [6, 6.07) is 0. The average Bonchev–Trinajstić information content (AvgIpc) is 2.76. The van der Waals surface area contributed by atoms with Crippen LogP contribution in [0.5, 0.6) is 0 Å². The smallest absolute Gasteiger partial charge is 0.158 e. The second kappa shape index (κ2) is 4.17. The molecule has 0 saturated heterocycles. The Morgan fingerprint density at radius 2 is 2.10 bits per heavy atom. The van der Waals surface area contributed by atoms with Gasteiger partial charge in [-0.2, -0.15) is 0 Å². The Kier molecular flexibility index (Phi) is 2.88. The molecular weight excluding hydrogens is 254 g/mol. The number of ketones is 1. The predicted molar refractivity (Wildman–Crippen MR) is 76.3 cm³/mol. The molecule has 1 heterocycles. The highest BCUT2D eigenvalue weighted by molar-refractivity contribution is 6.17. The van der Waals surface area contributed by atoms with Crippen LogP contribution in [0.1, 0.15) is 47.0 Å². The lowest BCUT2D eigenvalue weighted by Gasteiger charge is -2.53. The second-order valence-corrected chi connectivity index (χ2v) is 7.08. The number of allylic oxidation sites excluding steroid dienone is 2. The number of Topliss-reactive ketones (excluding diaryl/α,β-unsaturated/α-hetero) is 1. The van der Waals surface area contributed by atoms with Crippen LogP contribution in [0.4, 0.5) is 0 Å². The van der Waals surface area contributed by atoms with Gasteiger partial charge in [0.1, 0.15) is 5.41 Å². The summed E-state index contributed by atoms with van der Waals surface area (Å²) >= 11 is 0. The maximum absolute atomic E-state index is 13.2. The Balaban J connectivity index is 2.23. The molecule has 3 aliphatic rings. The van der Waals surface area contributed by atoms with E-state index in [0.29, 0.717) is 6.42 Å². The Bertz CT molecular complexity index is 528. The van der Waals surface area contributed by atoms with Crippen LogP contribution in [-0.4, -0.2) is 24.7 Å². The Morgan fingerprint density at radius 1 is 1.40 bits per heavy atom. The molecule has 1 aliphatic heterocycles. The summed E-state index contributed by atoms with van der Waals surface area (Å²) in [5, 5.41) is 4.27. The van der Waals surface area contributed by atoms with Crippen molar-refractivity contribution in [3.63, 3.8) is 0 Å². The van der Waals surface area contributed by atoms with E-state index in [4.69, 9.17) is 9.57 Å². The molecule has 0 unspecified atom stereocenters. The molecule has 110 valence electrons. The fourth-order valence-electron chi connectivity index (χ4n) is 4.36. The van der Waals surface area contributed by atoms with Gasteiger partial charge in [-0.15, -0.1) is 0 Å². The first-order valence-electron chi connectivity index (χ1n) is 7.35. The zero-order valence-corrected chi connectivity index (χ0v) is 12.9. The third-order valence-corrected chi connectivity index (χ3v) is 5.42. The van der Waals surface area contributed by atoms with Gasteiger partial charge < -0.3 is 9.57 Å². The number of hydrogen-bond acceptors (Lipinski definition) is 4. The molecule has 2 saturated carbocycles. The molecule has 20 heavy (non-hydrogen) atoms. The zero-order valence-electron chi connectivity index (χ0n) is 12.9. The molecule has 2 bridgehead atoms. The predicted octanol–water partition coefficient (Wildman–Crippen LogP) is 3.08. The highest BCUT2D eigenvalue weighted by Crippen LogP contribution is 2.61. The third-order valence-electron chi connectivity index (χ3n) is 5.42. The molecule has 4 nitrogen and oxygen atoms in total. The van der Waals surface area contributed by atoms with Crippen molar-refractivity contribution >= 4 is 11.5 Å². The first kappa shape index (κ1) is 13.8. The summed E-state index contributed by atoms with van der Waals surface area (Å²) in [5.41, 5.74) is 1.11. The topological polar surface area (TPSA) is 47.9 Å². The van der Waals surface area contributed by atoms with Crippen molar-refractivity contribution in [3.05, 3.63) is 11.3 Å². The molecular formula is C16H23NO3. The van der Waals surface area contributed by atoms with E-state index >= 15 is 0 Å². The van der Waals surface area contributed by atoms with Crippen LogP contribution < -0.4 is 0 Å². The summed E-state index contributed by atoms with van der Waals surface area (Å²) in [6.45, 7) is 8.33. The minimum Gasteiger partial charge on any atom is -0.380 e. The Labute approximate surface area is 120 Å². The number of methoxy groups -OCH3 is 1. The van der Waals surface area contributed by atoms with Gasteiger partial charge in [-0.3, -0.25) is 4.79 Å². The number of hydrogen-bond donors (Lipinski definition) is 0. The number of carbonyl (C=O) groups is 1. The molecule has 0 aromatic carbocycles. The van der Waals surface area contributed by atoms with Crippen molar-refractivity contribution in [2.24, 2.45) is 21.9 Å². The van der Waals surface area contributed by atoms with Gasteiger partial charge in [0.15, 0.2) is 11.5 Å². The molecule has 0 aromatic rings. The average molecular weight is 277 g/mol. The molecule has 3 atom stereocenters. The molecule has 1 spiro atoms. The van der Waals surface area contributed by atoms with Crippen molar-refractivity contribution in [2.75, 3.05) is 7.11 Å². The van der Waals surface area contributed by atoms with Crippen LogP contribution in [0.3, 0.4) is 0 Å². The highest BCUT2D eigenvalue weighted by atomic mass is 16.6. The lowest BCUT2D eigenvalue weighted by molar-refractivity contribution is -0.146. The van der Waals surface area contributed by atoms with Gasteiger partial charge in [-0.25, -0.2) is 0 Å². The highest BCUT2D eigenvalue weighted by Gasteiger charge is 2.68. The standard InChI is InChI=1S/C16H23NO3/c1-9(2)14-16-12(17-20-14)8-11(19-5)10(13(16)18)6-7-15(16,3)4/h10-11H,6-8H2,1-5H3/t10-,11-,16+/m0/s1. The van der Waals surface area contributed by atoms with E-state index in [-0.39, 0.29) is 23.2 Å². The number of oxime groups is 1. The van der Waals surface area contributed by atoms with Gasteiger partial charge in [0.2, 0.25) is 0 Å². The summed E-state index contributed by atoms with van der Waals surface area (Å²) < 4.78 is 5.54. The normalized spacial score (nSPS) is 38.1. The lowest BCUT2D eigenvalue weighted by atomic mass is 9.47. The zero-order chi connectivity index (χ0) is 14.7. The van der Waals surface area contributed by atoms with Crippen molar-refractivity contribution in [1.29, 1.82) is 0 Å². The molecule has 2 aliphatic carbocycles.